The molecule has 130 valence electrons. The Morgan fingerprint density at radius 3 is 2.56 bits per heavy atom. The Morgan fingerprint density at radius 2 is 1.76 bits per heavy atom. The number of nitrogens with one attached hydrogen (secondary N) is 1. The largest absolute Gasteiger partial charge is 0.488 e. The topological polar surface area (TPSA) is 50.7 Å². The Labute approximate surface area is 148 Å². The highest BCUT2D eigenvalue weighted by Gasteiger charge is 2.20. The standard InChI is InChI=1S/C21H24N2O2/c24-21(18-11-5-2-6-12-18)23-22-15-19-13-7-8-14-20(19)25-16-17-9-3-1-4-10-17/h1,3-4,7-10,13-15,18H,2,5-6,11-12,16H2,(H,23,24). The molecular formula is C21H24N2O2. The van der Waals surface area contributed by atoms with Crippen LogP contribution in [0.15, 0.2) is 59.7 Å². The fourth-order valence-electron chi connectivity index (χ4n) is 3.08. The van der Waals surface area contributed by atoms with E-state index in [-0.39, 0.29) is 11.8 Å². The number of nitrogens with zero attached hydrogens (tertiary/aromatic N) is 1. The normalized spacial score (nSPS) is 15.2. The van der Waals surface area contributed by atoms with E-state index in [9.17, 15) is 4.79 Å². The second kappa shape index (κ2) is 9.02. The number of benzene rings is 2. The van der Waals surface area contributed by atoms with Crippen LogP contribution in [0.5, 0.6) is 5.75 Å². The Bertz CT molecular complexity index is 707. The molecule has 2 aromatic rings. The van der Waals surface area contributed by atoms with Crippen LogP contribution in [0.25, 0.3) is 0 Å². The number of carbonyl (C=O) groups excluding carboxylic acids is 1. The summed E-state index contributed by atoms with van der Waals surface area (Å²) in [5, 5.41) is 4.13. The number of carbonyl (C=O) groups is 1. The minimum Gasteiger partial charge on any atom is -0.488 e. The molecule has 0 saturated heterocycles. The van der Waals surface area contributed by atoms with Crippen LogP contribution < -0.4 is 10.2 Å². The molecule has 1 N–H and O–H groups in total. The van der Waals surface area contributed by atoms with Crippen molar-refractivity contribution in [3.8, 4) is 5.75 Å². The van der Waals surface area contributed by atoms with Gasteiger partial charge in [-0.25, -0.2) is 5.43 Å². The SMILES string of the molecule is O=C(NN=Cc1ccccc1OCc1ccccc1)C1CCCCC1. The van der Waals surface area contributed by atoms with Gasteiger partial charge in [0.25, 0.3) is 0 Å². The second-order valence-electron chi connectivity index (χ2n) is 6.38. The van der Waals surface area contributed by atoms with Gasteiger partial charge in [-0.2, -0.15) is 5.10 Å². The van der Waals surface area contributed by atoms with Crippen molar-refractivity contribution >= 4 is 12.1 Å². The predicted molar refractivity (Wildman–Crippen MR) is 99.5 cm³/mol. The van der Waals surface area contributed by atoms with Crippen molar-refractivity contribution < 1.29 is 9.53 Å². The zero-order chi connectivity index (χ0) is 17.3. The minimum absolute atomic E-state index is 0.0265. The minimum atomic E-state index is 0.0265. The molecule has 25 heavy (non-hydrogen) atoms. The zero-order valence-electron chi connectivity index (χ0n) is 14.4. The van der Waals surface area contributed by atoms with Crippen LogP contribution in [0.4, 0.5) is 0 Å². The number of hydrazone groups is 1. The molecule has 0 aromatic heterocycles. The zero-order valence-corrected chi connectivity index (χ0v) is 14.4. The van der Waals surface area contributed by atoms with Gasteiger partial charge in [0.15, 0.2) is 0 Å². The smallest absolute Gasteiger partial charge is 0.243 e. The molecule has 1 aliphatic rings. The molecule has 0 atom stereocenters. The van der Waals surface area contributed by atoms with Gasteiger partial charge < -0.3 is 4.74 Å². The Morgan fingerprint density at radius 1 is 1.04 bits per heavy atom. The van der Waals surface area contributed by atoms with E-state index in [1.54, 1.807) is 6.21 Å². The quantitative estimate of drug-likeness (QED) is 0.632. The molecule has 0 bridgehead atoms. The highest BCUT2D eigenvalue weighted by atomic mass is 16.5. The van der Waals surface area contributed by atoms with Crippen LogP contribution in [0, 0.1) is 5.92 Å². The van der Waals surface area contributed by atoms with Gasteiger partial charge in [0.2, 0.25) is 5.91 Å². The first-order chi connectivity index (χ1) is 12.3. The van der Waals surface area contributed by atoms with E-state index >= 15 is 0 Å². The van der Waals surface area contributed by atoms with Crippen molar-refractivity contribution in [2.75, 3.05) is 0 Å². The lowest BCUT2D eigenvalue weighted by molar-refractivity contribution is -0.125. The maximum absolute atomic E-state index is 12.1. The third-order valence-electron chi connectivity index (χ3n) is 4.51. The second-order valence-corrected chi connectivity index (χ2v) is 6.38. The third kappa shape index (κ3) is 5.18. The van der Waals surface area contributed by atoms with E-state index in [1.165, 1.54) is 6.42 Å². The number of amides is 1. The average Bonchev–Trinajstić information content (AvgIpc) is 2.68. The lowest BCUT2D eigenvalue weighted by Gasteiger charge is -2.19. The van der Waals surface area contributed by atoms with Gasteiger partial charge in [-0.05, 0) is 30.5 Å². The molecule has 0 unspecified atom stereocenters. The van der Waals surface area contributed by atoms with Gasteiger partial charge in [-0.1, -0.05) is 61.7 Å². The van der Waals surface area contributed by atoms with Crippen molar-refractivity contribution in [1.29, 1.82) is 0 Å². The third-order valence-corrected chi connectivity index (χ3v) is 4.51. The van der Waals surface area contributed by atoms with Crippen molar-refractivity contribution in [3.05, 3.63) is 65.7 Å². The summed E-state index contributed by atoms with van der Waals surface area (Å²) in [7, 11) is 0. The fraction of sp³-hybridized carbons (Fsp3) is 0.333. The van der Waals surface area contributed by atoms with Crippen LogP contribution >= 0.6 is 0 Å². The monoisotopic (exact) mass is 336 g/mol. The average molecular weight is 336 g/mol. The van der Waals surface area contributed by atoms with E-state index in [2.05, 4.69) is 10.5 Å². The molecule has 0 heterocycles. The molecule has 0 spiro atoms. The van der Waals surface area contributed by atoms with Crippen molar-refractivity contribution in [1.82, 2.24) is 5.43 Å². The lowest BCUT2D eigenvalue weighted by atomic mass is 9.89. The van der Waals surface area contributed by atoms with Crippen molar-refractivity contribution in [3.63, 3.8) is 0 Å². The van der Waals surface area contributed by atoms with Gasteiger partial charge in [0.1, 0.15) is 12.4 Å². The molecule has 4 heteroatoms. The molecule has 2 aromatic carbocycles. The van der Waals surface area contributed by atoms with Gasteiger partial charge in [-0.3, -0.25) is 4.79 Å². The number of hydrogen-bond donors (Lipinski definition) is 1. The highest BCUT2D eigenvalue weighted by molar-refractivity contribution is 5.85. The maximum atomic E-state index is 12.1. The van der Waals surface area contributed by atoms with Crippen LogP contribution in [-0.4, -0.2) is 12.1 Å². The van der Waals surface area contributed by atoms with Crippen molar-refractivity contribution in [2.45, 2.75) is 38.7 Å². The van der Waals surface area contributed by atoms with Crippen LogP contribution in [0.2, 0.25) is 0 Å². The van der Waals surface area contributed by atoms with E-state index < -0.39 is 0 Å². The van der Waals surface area contributed by atoms with E-state index in [4.69, 9.17) is 4.74 Å². The molecule has 4 nitrogen and oxygen atoms in total. The van der Waals surface area contributed by atoms with E-state index in [0.717, 1.165) is 42.6 Å². The summed E-state index contributed by atoms with van der Waals surface area (Å²) in [6.07, 6.45) is 7.10. The summed E-state index contributed by atoms with van der Waals surface area (Å²) in [5.74, 6) is 0.885. The predicted octanol–water partition coefficient (Wildman–Crippen LogP) is 4.30. The molecule has 0 radical (unpaired) electrons. The molecule has 3 rings (SSSR count). The fourth-order valence-corrected chi connectivity index (χ4v) is 3.08. The molecule has 0 aliphatic heterocycles. The first-order valence-corrected chi connectivity index (χ1v) is 8.91. The number of rotatable bonds is 6. The van der Waals surface area contributed by atoms with Gasteiger partial charge in [-0.15, -0.1) is 0 Å². The number of hydrogen-bond acceptors (Lipinski definition) is 3. The Kier molecular flexibility index (Phi) is 6.21. The molecular weight excluding hydrogens is 312 g/mol. The first-order valence-electron chi connectivity index (χ1n) is 8.91. The summed E-state index contributed by atoms with van der Waals surface area (Å²) >= 11 is 0. The van der Waals surface area contributed by atoms with E-state index in [1.807, 2.05) is 54.6 Å². The molecule has 1 aliphatic carbocycles. The molecule has 1 saturated carbocycles. The first kappa shape index (κ1) is 17.2. The highest BCUT2D eigenvalue weighted by Crippen LogP contribution is 2.23. The van der Waals surface area contributed by atoms with Crippen LogP contribution in [-0.2, 0) is 11.4 Å². The number of ether oxygens (including phenoxy) is 1. The van der Waals surface area contributed by atoms with Gasteiger partial charge >= 0.3 is 0 Å². The van der Waals surface area contributed by atoms with Gasteiger partial charge in [0.05, 0.1) is 6.21 Å². The Hall–Kier alpha value is -2.62. The number of para-hydroxylation sites is 1. The van der Waals surface area contributed by atoms with E-state index in [0.29, 0.717) is 6.61 Å². The molecule has 1 amide bonds. The summed E-state index contributed by atoms with van der Waals surface area (Å²) in [4.78, 5) is 12.1. The van der Waals surface area contributed by atoms with Gasteiger partial charge in [0, 0.05) is 11.5 Å². The summed E-state index contributed by atoms with van der Waals surface area (Å²) < 4.78 is 5.89. The van der Waals surface area contributed by atoms with Crippen LogP contribution in [0.3, 0.4) is 0 Å². The maximum Gasteiger partial charge on any atom is 0.243 e. The summed E-state index contributed by atoms with van der Waals surface area (Å²) in [6.45, 7) is 0.500. The summed E-state index contributed by atoms with van der Waals surface area (Å²) in [6, 6.07) is 17.7. The lowest BCUT2D eigenvalue weighted by Crippen LogP contribution is -2.28. The molecule has 1 fully saturated rings. The van der Waals surface area contributed by atoms with Crippen LogP contribution in [0.1, 0.15) is 43.2 Å². The summed E-state index contributed by atoms with van der Waals surface area (Å²) in [5.41, 5.74) is 4.64. The Balaban J connectivity index is 1.57. The van der Waals surface area contributed by atoms with Crippen molar-refractivity contribution in [2.24, 2.45) is 11.0 Å².